The average molecular weight is 523 g/mol. The molecular formula is C32H50N4O2. The second-order valence-electron chi connectivity index (χ2n) is 15.2. The summed E-state index contributed by atoms with van der Waals surface area (Å²) in [5.74, 6) is 2.95. The van der Waals surface area contributed by atoms with Gasteiger partial charge in [-0.05, 0) is 116 Å². The van der Waals surface area contributed by atoms with Crippen LogP contribution in [0.1, 0.15) is 106 Å². The van der Waals surface area contributed by atoms with E-state index in [9.17, 15) is 9.59 Å². The smallest absolute Gasteiger partial charge is 0.226 e. The first-order valence-electron chi connectivity index (χ1n) is 15.3. The lowest BCUT2D eigenvalue weighted by molar-refractivity contribution is -0.233. The van der Waals surface area contributed by atoms with Crippen LogP contribution in [-0.4, -0.2) is 24.8 Å². The minimum absolute atomic E-state index is 0.174. The standard InChI is InChI=1S/C32H50N4O2/c1-20(2)21-10-15-32(27(38)34-18-19-35-36-33)17-16-30(6)22(26(21)32)8-9-24-29(5)13-12-25(37)28(3,4)23(29)11-14-31(24,30)7/h21-24,26H,1,8-19H2,2-7H3,(H,34,38). The molecule has 5 aliphatic rings. The molecule has 5 fully saturated rings. The first kappa shape index (κ1) is 27.7. The minimum Gasteiger partial charge on any atom is -0.355 e. The second kappa shape index (κ2) is 9.11. The van der Waals surface area contributed by atoms with E-state index in [4.69, 9.17) is 5.53 Å². The summed E-state index contributed by atoms with van der Waals surface area (Å²) >= 11 is 0. The highest BCUT2D eigenvalue weighted by atomic mass is 16.2. The topological polar surface area (TPSA) is 94.9 Å². The van der Waals surface area contributed by atoms with Gasteiger partial charge in [-0.2, -0.15) is 0 Å². The summed E-state index contributed by atoms with van der Waals surface area (Å²) < 4.78 is 0. The molecule has 0 bridgehead atoms. The van der Waals surface area contributed by atoms with Gasteiger partial charge in [-0.1, -0.05) is 51.9 Å². The lowest BCUT2D eigenvalue weighted by Crippen LogP contribution is -2.67. The molecule has 210 valence electrons. The lowest BCUT2D eigenvalue weighted by Gasteiger charge is -2.72. The molecule has 38 heavy (non-hydrogen) atoms. The van der Waals surface area contributed by atoms with Crippen molar-refractivity contribution < 1.29 is 9.59 Å². The molecule has 0 aliphatic heterocycles. The van der Waals surface area contributed by atoms with Crippen LogP contribution in [0.15, 0.2) is 17.3 Å². The Labute approximate surface area is 229 Å². The molecule has 5 aliphatic carbocycles. The number of allylic oxidation sites excluding steroid dienone is 1. The number of nitrogens with zero attached hydrogens (tertiary/aromatic N) is 3. The predicted molar refractivity (Wildman–Crippen MR) is 151 cm³/mol. The summed E-state index contributed by atoms with van der Waals surface area (Å²) in [4.78, 5) is 29.8. The number of hydrogen-bond donors (Lipinski definition) is 1. The Morgan fingerprint density at radius 1 is 1.00 bits per heavy atom. The van der Waals surface area contributed by atoms with E-state index in [2.05, 4.69) is 63.5 Å². The highest BCUT2D eigenvalue weighted by molar-refractivity contribution is 5.85. The van der Waals surface area contributed by atoms with Crippen LogP contribution in [0.25, 0.3) is 10.4 Å². The molecule has 0 aromatic heterocycles. The summed E-state index contributed by atoms with van der Waals surface area (Å²) in [6.45, 7) is 19.5. The fraction of sp³-hybridized carbons (Fsp3) is 0.875. The van der Waals surface area contributed by atoms with Crippen LogP contribution in [0.4, 0.5) is 0 Å². The van der Waals surface area contributed by atoms with Crippen molar-refractivity contribution in [1.29, 1.82) is 0 Å². The van der Waals surface area contributed by atoms with E-state index in [1.807, 2.05) is 0 Å². The molecule has 1 amide bonds. The fourth-order valence-electron chi connectivity index (χ4n) is 11.8. The maximum Gasteiger partial charge on any atom is 0.226 e. The summed E-state index contributed by atoms with van der Waals surface area (Å²) in [5, 5.41) is 6.80. The molecule has 0 aromatic carbocycles. The van der Waals surface area contributed by atoms with Gasteiger partial charge in [0.15, 0.2) is 0 Å². The third-order valence-electron chi connectivity index (χ3n) is 13.8. The van der Waals surface area contributed by atoms with E-state index >= 15 is 0 Å². The van der Waals surface area contributed by atoms with Gasteiger partial charge in [-0.3, -0.25) is 9.59 Å². The van der Waals surface area contributed by atoms with E-state index in [1.165, 1.54) is 24.8 Å². The first-order chi connectivity index (χ1) is 17.8. The Kier molecular flexibility index (Phi) is 6.65. The number of nitrogens with one attached hydrogen (secondary N) is 1. The quantitative estimate of drug-likeness (QED) is 0.132. The van der Waals surface area contributed by atoms with E-state index in [-0.39, 0.29) is 33.0 Å². The molecule has 9 atom stereocenters. The van der Waals surface area contributed by atoms with Gasteiger partial charge in [0.05, 0.1) is 5.41 Å². The van der Waals surface area contributed by atoms with Crippen LogP contribution in [-0.2, 0) is 9.59 Å². The number of rotatable bonds is 5. The molecule has 0 spiro atoms. The van der Waals surface area contributed by atoms with Crippen LogP contribution < -0.4 is 5.32 Å². The predicted octanol–water partition coefficient (Wildman–Crippen LogP) is 7.64. The molecule has 9 unspecified atom stereocenters. The van der Waals surface area contributed by atoms with Crippen molar-refractivity contribution >= 4 is 11.7 Å². The summed E-state index contributed by atoms with van der Waals surface area (Å²) in [6, 6.07) is 0. The Morgan fingerprint density at radius 2 is 1.74 bits per heavy atom. The SMILES string of the molecule is C=C(C)C1CCC2(C(=O)NCCN=[N+]=[N-])CCC3(C)C(CCC4C5(C)CCC(=O)C(C)(C)C5CCC43C)C12. The maximum atomic E-state index is 13.9. The normalized spacial score (nSPS) is 47.0. The molecule has 6 heteroatoms. The number of ketones is 1. The zero-order valence-corrected chi connectivity index (χ0v) is 24.7. The number of hydrogen-bond acceptors (Lipinski definition) is 3. The molecule has 0 radical (unpaired) electrons. The van der Waals surface area contributed by atoms with Crippen molar-refractivity contribution in [2.45, 2.75) is 106 Å². The van der Waals surface area contributed by atoms with Crippen LogP contribution in [0.3, 0.4) is 0 Å². The van der Waals surface area contributed by atoms with E-state index in [0.717, 1.165) is 44.9 Å². The molecule has 0 heterocycles. The zero-order chi connectivity index (χ0) is 27.7. The van der Waals surface area contributed by atoms with E-state index < -0.39 is 0 Å². The van der Waals surface area contributed by atoms with Gasteiger partial charge in [0.1, 0.15) is 5.78 Å². The number of carbonyl (C=O) groups is 2. The minimum atomic E-state index is -0.340. The zero-order valence-electron chi connectivity index (χ0n) is 24.7. The van der Waals surface area contributed by atoms with Gasteiger partial charge in [-0.15, -0.1) is 0 Å². The fourth-order valence-corrected chi connectivity index (χ4v) is 11.8. The summed E-state index contributed by atoms with van der Waals surface area (Å²) in [5.41, 5.74) is 9.91. The third kappa shape index (κ3) is 3.54. The van der Waals surface area contributed by atoms with E-state index in [0.29, 0.717) is 48.5 Å². The van der Waals surface area contributed by atoms with Gasteiger partial charge < -0.3 is 5.32 Å². The molecule has 0 saturated heterocycles. The number of carbonyl (C=O) groups excluding carboxylic acids is 2. The average Bonchev–Trinajstić information content (AvgIpc) is 3.26. The summed E-state index contributed by atoms with van der Waals surface area (Å²) in [6.07, 6.45) is 10.5. The molecule has 1 N–H and O–H groups in total. The van der Waals surface area contributed by atoms with Crippen molar-refractivity contribution in [1.82, 2.24) is 5.32 Å². The van der Waals surface area contributed by atoms with Gasteiger partial charge in [0, 0.05) is 29.8 Å². The molecule has 5 saturated carbocycles. The second-order valence-corrected chi connectivity index (χ2v) is 15.2. The van der Waals surface area contributed by atoms with Crippen LogP contribution in [0.5, 0.6) is 0 Å². The Balaban J connectivity index is 1.50. The van der Waals surface area contributed by atoms with Gasteiger partial charge in [0.25, 0.3) is 0 Å². The first-order valence-corrected chi connectivity index (χ1v) is 15.3. The van der Waals surface area contributed by atoms with Crippen LogP contribution >= 0.6 is 0 Å². The van der Waals surface area contributed by atoms with Crippen molar-refractivity contribution in [3.05, 3.63) is 22.6 Å². The molecular weight excluding hydrogens is 472 g/mol. The number of fused-ring (bicyclic) bond motifs is 7. The van der Waals surface area contributed by atoms with Crippen molar-refractivity contribution in [2.75, 3.05) is 13.1 Å². The monoisotopic (exact) mass is 522 g/mol. The lowest BCUT2D eigenvalue weighted by atomic mass is 9.32. The molecule has 6 nitrogen and oxygen atoms in total. The molecule has 0 aromatic rings. The van der Waals surface area contributed by atoms with E-state index in [1.54, 1.807) is 0 Å². The van der Waals surface area contributed by atoms with Gasteiger partial charge in [-0.25, -0.2) is 0 Å². The highest BCUT2D eigenvalue weighted by Gasteiger charge is 2.71. The largest absolute Gasteiger partial charge is 0.355 e. The molecule has 5 rings (SSSR count). The van der Waals surface area contributed by atoms with Crippen molar-refractivity contribution in [3.8, 4) is 0 Å². The number of amides is 1. The number of Topliss-reactive ketones (excluding diaryl/α,β-unsaturated/α-hetero) is 1. The Morgan fingerprint density at radius 3 is 2.42 bits per heavy atom. The summed E-state index contributed by atoms with van der Waals surface area (Å²) in [7, 11) is 0. The van der Waals surface area contributed by atoms with Crippen LogP contribution in [0, 0.1) is 56.7 Å². The van der Waals surface area contributed by atoms with Crippen molar-refractivity contribution in [2.24, 2.45) is 61.8 Å². The Bertz CT molecular complexity index is 1080. The Hall–Kier alpha value is -1.81. The van der Waals surface area contributed by atoms with Gasteiger partial charge >= 0.3 is 0 Å². The van der Waals surface area contributed by atoms with Crippen molar-refractivity contribution in [3.63, 3.8) is 0 Å². The maximum absolute atomic E-state index is 13.9. The van der Waals surface area contributed by atoms with Gasteiger partial charge in [0.2, 0.25) is 5.91 Å². The third-order valence-corrected chi connectivity index (χ3v) is 13.8. The van der Waals surface area contributed by atoms with Crippen LogP contribution in [0.2, 0.25) is 0 Å². The number of azide groups is 1. The highest BCUT2D eigenvalue weighted by Crippen LogP contribution is 2.77.